The van der Waals surface area contributed by atoms with Gasteiger partial charge in [-0.05, 0) is 6.42 Å². The fourth-order valence-corrected chi connectivity index (χ4v) is 3.31. The van der Waals surface area contributed by atoms with Crippen LogP contribution in [0.5, 0.6) is 0 Å². The van der Waals surface area contributed by atoms with E-state index in [2.05, 4.69) is 5.32 Å². The van der Waals surface area contributed by atoms with Gasteiger partial charge in [-0.15, -0.1) is 0 Å². The highest BCUT2D eigenvalue weighted by atomic mass is 16.5. The highest BCUT2D eigenvalue weighted by Gasteiger charge is 2.71. The van der Waals surface area contributed by atoms with Gasteiger partial charge in [-0.3, -0.25) is 9.59 Å². The van der Waals surface area contributed by atoms with Crippen molar-refractivity contribution in [1.82, 2.24) is 10.2 Å². The van der Waals surface area contributed by atoms with Gasteiger partial charge in [-0.2, -0.15) is 0 Å². The van der Waals surface area contributed by atoms with Gasteiger partial charge in [-0.1, -0.05) is 13.8 Å². The van der Waals surface area contributed by atoms with Crippen molar-refractivity contribution in [2.75, 3.05) is 27.2 Å². The van der Waals surface area contributed by atoms with E-state index in [9.17, 15) is 9.59 Å². The molecule has 3 unspecified atom stereocenters. The van der Waals surface area contributed by atoms with Gasteiger partial charge in [-0.25, -0.2) is 0 Å². The Bertz CT molecular complexity index is 408. The molecular formula is C13H23N3O3. The summed E-state index contributed by atoms with van der Waals surface area (Å²) in [6, 6.07) is 0. The Kier molecular flexibility index (Phi) is 3.35. The van der Waals surface area contributed by atoms with Crippen LogP contribution in [-0.2, 0) is 14.3 Å². The number of nitrogens with zero attached hydrogens (tertiary/aromatic N) is 1. The highest BCUT2D eigenvalue weighted by molar-refractivity contribution is 5.92. The lowest BCUT2D eigenvalue weighted by Crippen LogP contribution is -2.80. The van der Waals surface area contributed by atoms with Gasteiger partial charge in [0.25, 0.3) is 0 Å². The summed E-state index contributed by atoms with van der Waals surface area (Å²) in [5.74, 6) is -0.343. The molecule has 0 aromatic carbocycles. The van der Waals surface area contributed by atoms with Crippen molar-refractivity contribution < 1.29 is 14.3 Å². The number of carbonyl (C=O) groups excluding carboxylic acids is 2. The zero-order valence-electron chi connectivity index (χ0n) is 12.0. The summed E-state index contributed by atoms with van der Waals surface area (Å²) in [5, 5.41) is 2.66. The van der Waals surface area contributed by atoms with E-state index in [1.165, 1.54) is 4.90 Å². The third-order valence-corrected chi connectivity index (χ3v) is 4.73. The van der Waals surface area contributed by atoms with Crippen LogP contribution in [0.3, 0.4) is 0 Å². The van der Waals surface area contributed by atoms with Crippen molar-refractivity contribution in [3.63, 3.8) is 0 Å². The summed E-state index contributed by atoms with van der Waals surface area (Å²) in [6.45, 7) is 4.54. The van der Waals surface area contributed by atoms with Crippen LogP contribution in [0.25, 0.3) is 0 Å². The molecule has 0 bridgehead atoms. The molecule has 6 nitrogen and oxygen atoms in total. The smallest absolute Gasteiger partial charge is 0.241 e. The number of hydrogen-bond acceptors (Lipinski definition) is 4. The number of hydrogen-bond donors (Lipinski definition) is 2. The Hall–Kier alpha value is -1.14. The number of likely N-dealkylation sites (N-methyl/N-ethyl adjacent to an activating group) is 1. The maximum atomic E-state index is 12.4. The molecule has 2 fully saturated rings. The average molecular weight is 269 g/mol. The van der Waals surface area contributed by atoms with E-state index in [0.717, 1.165) is 6.42 Å². The topological polar surface area (TPSA) is 84.7 Å². The highest BCUT2D eigenvalue weighted by Crippen LogP contribution is 2.58. The van der Waals surface area contributed by atoms with Crippen LogP contribution < -0.4 is 11.1 Å². The lowest BCUT2D eigenvalue weighted by Gasteiger charge is -2.60. The summed E-state index contributed by atoms with van der Waals surface area (Å²) < 4.78 is 5.64. The molecule has 1 saturated heterocycles. The first-order valence-electron chi connectivity index (χ1n) is 6.62. The predicted octanol–water partition coefficient (Wildman–Crippen LogP) is -0.667. The number of fused-ring (bicyclic) bond motifs is 1. The molecule has 19 heavy (non-hydrogen) atoms. The number of rotatable bonds is 3. The van der Waals surface area contributed by atoms with Crippen molar-refractivity contribution >= 4 is 11.8 Å². The van der Waals surface area contributed by atoms with E-state index >= 15 is 0 Å². The Morgan fingerprint density at radius 3 is 2.63 bits per heavy atom. The van der Waals surface area contributed by atoms with Crippen LogP contribution >= 0.6 is 0 Å². The molecule has 2 amide bonds. The Morgan fingerprint density at radius 1 is 1.42 bits per heavy atom. The van der Waals surface area contributed by atoms with Gasteiger partial charge in [0, 0.05) is 32.0 Å². The Morgan fingerprint density at radius 2 is 2.05 bits per heavy atom. The fraction of sp³-hybridized carbons (Fsp3) is 0.846. The monoisotopic (exact) mass is 269 g/mol. The van der Waals surface area contributed by atoms with E-state index in [-0.39, 0.29) is 30.4 Å². The largest absolute Gasteiger partial charge is 0.377 e. The molecular weight excluding hydrogens is 246 g/mol. The van der Waals surface area contributed by atoms with E-state index in [4.69, 9.17) is 10.5 Å². The van der Waals surface area contributed by atoms with Gasteiger partial charge in [0.2, 0.25) is 11.8 Å². The maximum absolute atomic E-state index is 12.4. The molecule has 1 saturated carbocycles. The van der Waals surface area contributed by atoms with Crippen LogP contribution in [-0.4, -0.2) is 55.6 Å². The molecule has 2 rings (SSSR count). The third-order valence-electron chi connectivity index (χ3n) is 4.73. The van der Waals surface area contributed by atoms with Crippen molar-refractivity contribution in [2.24, 2.45) is 17.1 Å². The number of nitrogens with two attached hydrogens (primary N) is 1. The SMILES string of the molecule is CN(C)C(=O)CNC(=O)C1(N)C2CCOC2C1(C)C. The molecule has 3 atom stereocenters. The number of amides is 2. The van der Waals surface area contributed by atoms with Gasteiger partial charge < -0.3 is 20.7 Å². The fourth-order valence-electron chi connectivity index (χ4n) is 3.31. The first-order chi connectivity index (χ1) is 8.73. The normalized spacial score (nSPS) is 35.2. The minimum atomic E-state index is -0.944. The molecule has 108 valence electrons. The number of nitrogens with one attached hydrogen (secondary N) is 1. The molecule has 0 radical (unpaired) electrons. The van der Waals surface area contributed by atoms with Crippen LogP contribution in [0.1, 0.15) is 20.3 Å². The van der Waals surface area contributed by atoms with E-state index in [0.29, 0.717) is 6.61 Å². The lowest BCUT2D eigenvalue weighted by atomic mass is 9.48. The van der Waals surface area contributed by atoms with Crippen LogP contribution in [0.2, 0.25) is 0 Å². The van der Waals surface area contributed by atoms with Crippen molar-refractivity contribution in [2.45, 2.75) is 31.9 Å². The second-order valence-corrected chi connectivity index (χ2v) is 6.25. The van der Waals surface area contributed by atoms with E-state index in [1.807, 2.05) is 13.8 Å². The summed E-state index contributed by atoms with van der Waals surface area (Å²) in [6.07, 6.45) is 0.854. The van der Waals surface area contributed by atoms with Crippen molar-refractivity contribution in [3.05, 3.63) is 0 Å². The maximum Gasteiger partial charge on any atom is 0.241 e. The second kappa shape index (κ2) is 4.45. The van der Waals surface area contributed by atoms with E-state index < -0.39 is 11.0 Å². The van der Waals surface area contributed by atoms with Crippen molar-refractivity contribution in [1.29, 1.82) is 0 Å². The molecule has 6 heteroatoms. The number of ether oxygens (including phenoxy) is 1. The quantitative estimate of drug-likeness (QED) is 0.712. The zero-order valence-corrected chi connectivity index (χ0v) is 12.0. The van der Waals surface area contributed by atoms with Crippen LogP contribution in [0.4, 0.5) is 0 Å². The van der Waals surface area contributed by atoms with Gasteiger partial charge >= 0.3 is 0 Å². The minimum Gasteiger partial charge on any atom is -0.377 e. The average Bonchev–Trinajstić information content (AvgIpc) is 2.82. The number of carbonyl (C=O) groups is 2. The minimum absolute atomic E-state index is 0.0148. The summed E-state index contributed by atoms with van der Waals surface area (Å²) in [4.78, 5) is 25.3. The molecule has 0 aromatic heterocycles. The predicted molar refractivity (Wildman–Crippen MR) is 70.3 cm³/mol. The molecule has 2 aliphatic rings. The standard InChI is InChI=1S/C13H23N3O3/c1-12(2)10-8(5-6-19-10)13(12,14)11(18)15-7-9(17)16(3)4/h8,10H,5-7,14H2,1-4H3,(H,15,18). The molecule has 1 heterocycles. The third kappa shape index (κ3) is 1.85. The Labute approximate surface area is 113 Å². The molecule has 1 aliphatic carbocycles. The van der Waals surface area contributed by atoms with Gasteiger partial charge in [0.05, 0.1) is 12.6 Å². The summed E-state index contributed by atoms with van der Waals surface area (Å²) in [5.41, 5.74) is 5.01. The van der Waals surface area contributed by atoms with Crippen LogP contribution in [0.15, 0.2) is 0 Å². The summed E-state index contributed by atoms with van der Waals surface area (Å²) in [7, 11) is 3.31. The first kappa shape index (κ1) is 14.3. The summed E-state index contributed by atoms with van der Waals surface area (Å²) >= 11 is 0. The van der Waals surface area contributed by atoms with Crippen LogP contribution in [0, 0.1) is 11.3 Å². The van der Waals surface area contributed by atoms with E-state index in [1.54, 1.807) is 14.1 Å². The van der Waals surface area contributed by atoms with Crippen molar-refractivity contribution in [3.8, 4) is 0 Å². The lowest BCUT2D eigenvalue weighted by molar-refractivity contribution is -0.175. The van der Waals surface area contributed by atoms with Gasteiger partial charge in [0.1, 0.15) is 5.54 Å². The second-order valence-electron chi connectivity index (χ2n) is 6.25. The zero-order chi connectivity index (χ0) is 14.4. The molecule has 0 aromatic rings. The Balaban J connectivity index is 2.04. The van der Waals surface area contributed by atoms with Gasteiger partial charge in [0.15, 0.2) is 0 Å². The molecule has 1 aliphatic heterocycles. The molecule has 0 spiro atoms. The molecule has 3 N–H and O–H groups in total. The first-order valence-corrected chi connectivity index (χ1v) is 6.62.